The standard InChI is InChI=1S/C16H21N3O5S/c1-17(2)25(22,23)12-6-7-13-14(10-12)24-16(21)19(13)11-15(20)18-8-4-3-5-9-18/h6-7,10H,3-5,8-9,11H2,1-2H3. The number of benzene rings is 1. The largest absolute Gasteiger partial charge is 0.420 e. The summed E-state index contributed by atoms with van der Waals surface area (Å²) < 4.78 is 31.9. The van der Waals surface area contributed by atoms with E-state index in [4.69, 9.17) is 4.42 Å². The molecule has 0 bridgehead atoms. The Bertz CT molecular complexity index is 952. The highest BCUT2D eigenvalue weighted by atomic mass is 32.2. The second-order valence-electron chi connectivity index (χ2n) is 6.31. The lowest BCUT2D eigenvalue weighted by molar-refractivity contribution is -0.132. The maximum absolute atomic E-state index is 12.4. The summed E-state index contributed by atoms with van der Waals surface area (Å²) in [5.74, 6) is -0.797. The van der Waals surface area contributed by atoms with Crippen LogP contribution in [0, 0.1) is 0 Å². The Morgan fingerprint density at radius 1 is 1.20 bits per heavy atom. The third-order valence-corrected chi connectivity index (χ3v) is 6.23. The molecule has 0 saturated carbocycles. The molecule has 1 saturated heterocycles. The van der Waals surface area contributed by atoms with E-state index in [1.807, 2.05) is 0 Å². The van der Waals surface area contributed by atoms with Gasteiger partial charge in [-0.25, -0.2) is 17.5 Å². The predicted octanol–water partition coefficient (Wildman–Crippen LogP) is 0.857. The zero-order valence-corrected chi connectivity index (χ0v) is 15.1. The van der Waals surface area contributed by atoms with Crippen LogP contribution >= 0.6 is 0 Å². The van der Waals surface area contributed by atoms with Crippen molar-refractivity contribution >= 4 is 27.0 Å². The molecule has 1 amide bonds. The van der Waals surface area contributed by atoms with Crippen LogP contribution in [0.15, 0.2) is 32.3 Å². The minimum atomic E-state index is -3.63. The molecular weight excluding hydrogens is 346 g/mol. The molecule has 0 aliphatic carbocycles. The lowest BCUT2D eigenvalue weighted by Gasteiger charge is -2.26. The first kappa shape index (κ1) is 17.7. The molecule has 1 aromatic heterocycles. The van der Waals surface area contributed by atoms with Crippen LogP contribution in [0.2, 0.25) is 0 Å². The molecule has 9 heteroatoms. The van der Waals surface area contributed by atoms with Gasteiger partial charge in [-0.3, -0.25) is 9.36 Å². The van der Waals surface area contributed by atoms with Gasteiger partial charge in [-0.05, 0) is 31.4 Å². The van der Waals surface area contributed by atoms with Gasteiger partial charge in [0.15, 0.2) is 5.58 Å². The summed E-state index contributed by atoms with van der Waals surface area (Å²) in [6.07, 6.45) is 3.05. The second-order valence-corrected chi connectivity index (χ2v) is 8.46. The second kappa shape index (κ2) is 6.64. The Morgan fingerprint density at radius 3 is 2.52 bits per heavy atom. The van der Waals surface area contributed by atoms with Crippen molar-refractivity contribution in [1.82, 2.24) is 13.8 Å². The molecule has 1 fully saturated rings. The van der Waals surface area contributed by atoms with E-state index >= 15 is 0 Å². The average Bonchev–Trinajstić information content (AvgIpc) is 2.90. The van der Waals surface area contributed by atoms with E-state index in [9.17, 15) is 18.0 Å². The van der Waals surface area contributed by atoms with Gasteiger partial charge < -0.3 is 9.32 Å². The van der Waals surface area contributed by atoms with E-state index in [-0.39, 0.29) is 22.9 Å². The Hall–Kier alpha value is -2.13. The third kappa shape index (κ3) is 3.34. The van der Waals surface area contributed by atoms with Gasteiger partial charge >= 0.3 is 5.76 Å². The van der Waals surface area contributed by atoms with Crippen LogP contribution in [-0.4, -0.2) is 55.3 Å². The Morgan fingerprint density at radius 2 is 1.88 bits per heavy atom. The fraction of sp³-hybridized carbons (Fsp3) is 0.500. The summed E-state index contributed by atoms with van der Waals surface area (Å²) in [6.45, 7) is 1.30. The normalized spacial score (nSPS) is 15.9. The highest BCUT2D eigenvalue weighted by molar-refractivity contribution is 7.89. The summed E-state index contributed by atoms with van der Waals surface area (Å²) in [5.41, 5.74) is 0.562. The van der Waals surface area contributed by atoms with Crippen LogP contribution in [-0.2, 0) is 21.4 Å². The smallest absolute Gasteiger partial charge is 0.408 e. The van der Waals surface area contributed by atoms with Crippen molar-refractivity contribution in [3.05, 3.63) is 28.7 Å². The van der Waals surface area contributed by atoms with Crippen LogP contribution in [0.4, 0.5) is 0 Å². The van der Waals surface area contributed by atoms with Gasteiger partial charge in [0.2, 0.25) is 15.9 Å². The van der Waals surface area contributed by atoms with Gasteiger partial charge in [-0.1, -0.05) is 0 Å². The molecule has 25 heavy (non-hydrogen) atoms. The van der Waals surface area contributed by atoms with Crippen LogP contribution in [0.1, 0.15) is 19.3 Å². The molecular formula is C16H21N3O5S. The quantitative estimate of drug-likeness (QED) is 0.799. The summed E-state index contributed by atoms with van der Waals surface area (Å²) in [6, 6.07) is 4.22. The topological polar surface area (TPSA) is 92.8 Å². The summed E-state index contributed by atoms with van der Waals surface area (Å²) in [4.78, 5) is 26.3. The maximum Gasteiger partial charge on any atom is 0.420 e. The average molecular weight is 367 g/mol. The lowest BCUT2D eigenvalue weighted by Crippen LogP contribution is -2.39. The molecule has 0 spiro atoms. The SMILES string of the molecule is CN(C)S(=O)(=O)c1ccc2c(c1)oc(=O)n2CC(=O)N1CCCCC1. The van der Waals surface area contributed by atoms with Gasteiger partial charge in [-0.15, -0.1) is 0 Å². The molecule has 1 aromatic carbocycles. The molecule has 136 valence electrons. The van der Waals surface area contributed by atoms with E-state index < -0.39 is 15.8 Å². The number of nitrogens with zero attached hydrogens (tertiary/aromatic N) is 3. The van der Waals surface area contributed by atoms with Gasteiger partial charge in [0.1, 0.15) is 6.54 Å². The van der Waals surface area contributed by atoms with Gasteiger partial charge in [0.05, 0.1) is 10.4 Å². The molecule has 8 nitrogen and oxygen atoms in total. The minimum Gasteiger partial charge on any atom is -0.408 e. The highest BCUT2D eigenvalue weighted by Gasteiger charge is 2.22. The van der Waals surface area contributed by atoms with E-state index in [0.717, 1.165) is 23.6 Å². The first-order chi connectivity index (χ1) is 11.8. The number of likely N-dealkylation sites (tertiary alicyclic amines) is 1. The third-order valence-electron chi connectivity index (χ3n) is 4.42. The highest BCUT2D eigenvalue weighted by Crippen LogP contribution is 2.20. The Labute approximate surface area is 145 Å². The van der Waals surface area contributed by atoms with Crippen molar-refractivity contribution in [2.45, 2.75) is 30.7 Å². The number of carbonyl (C=O) groups is 1. The molecule has 2 aromatic rings. The summed E-state index contributed by atoms with van der Waals surface area (Å²) in [5, 5.41) is 0. The predicted molar refractivity (Wildman–Crippen MR) is 91.8 cm³/mol. The molecule has 2 heterocycles. The molecule has 0 atom stereocenters. The number of carbonyl (C=O) groups excluding carboxylic acids is 1. The van der Waals surface area contributed by atoms with E-state index in [1.165, 1.54) is 36.9 Å². The van der Waals surface area contributed by atoms with Crippen molar-refractivity contribution in [3.8, 4) is 0 Å². The number of sulfonamides is 1. The first-order valence-corrected chi connectivity index (χ1v) is 9.58. The fourth-order valence-electron chi connectivity index (χ4n) is 2.95. The van der Waals surface area contributed by atoms with Crippen molar-refractivity contribution in [2.24, 2.45) is 0 Å². The maximum atomic E-state index is 12.4. The number of aromatic nitrogens is 1. The minimum absolute atomic E-state index is 0.0354. The van der Waals surface area contributed by atoms with Gasteiger partial charge in [0.25, 0.3) is 0 Å². The zero-order chi connectivity index (χ0) is 18.2. The summed E-state index contributed by atoms with van der Waals surface area (Å²) in [7, 11) is -0.768. The molecule has 0 radical (unpaired) electrons. The number of piperidine rings is 1. The van der Waals surface area contributed by atoms with Crippen LogP contribution in [0.25, 0.3) is 11.1 Å². The van der Waals surface area contributed by atoms with Crippen LogP contribution in [0.5, 0.6) is 0 Å². The van der Waals surface area contributed by atoms with Crippen molar-refractivity contribution in [2.75, 3.05) is 27.2 Å². The number of oxazole rings is 1. The van der Waals surface area contributed by atoms with Crippen molar-refractivity contribution in [3.63, 3.8) is 0 Å². The molecule has 1 aliphatic rings. The number of hydrogen-bond acceptors (Lipinski definition) is 5. The van der Waals surface area contributed by atoms with Crippen LogP contribution in [0.3, 0.4) is 0 Å². The molecule has 0 unspecified atom stereocenters. The zero-order valence-electron chi connectivity index (χ0n) is 14.3. The van der Waals surface area contributed by atoms with E-state index in [2.05, 4.69) is 0 Å². The van der Waals surface area contributed by atoms with Gasteiger partial charge in [0, 0.05) is 33.3 Å². The number of fused-ring (bicyclic) bond motifs is 1. The Balaban J connectivity index is 1.93. The molecule has 3 rings (SSSR count). The van der Waals surface area contributed by atoms with Gasteiger partial charge in [-0.2, -0.15) is 0 Å². The first-order valence-electron chi connectivity index (χ1n) is 8.14. The summed E-state index contributed by atoms with van der Waals surface area (Å²) >= 11 is 0. The van der Waals surface area contributed by atoms with Crippen molar-refractivity contribution in [1.29, 1.82) is 0 Å². The lowest BCUT2D eigenvalue weighted by atomic mass is 10.1. The molecule has 1 aliphatic heterocycles. The fourth-order valence-corrected chi connectivity index (χ4v) is 3.86. The molecule has 0 N–H and O–H groups in total. The van der Waals surface area contributed by atoms with E-state index in [1.54, 1.807) is 4.90 Å². The number of rotatable bonds is 4. The van der Waals surface area contributed by atoms with Crippen LogP contribution < -0.4 is 5.76 Å². The number of hydrogen-bond donors (Lipinski definition) is 0. The Kier molecular flexibility index (Phi) is 4.70. The monoisotopic (exact) mass is 367 g/mol. The van der Waals surface area contributed by atoms with E-state index in [0.29, 0.717) is 18.6 Å². The number of amides is 1. The van der Waals surface area contributed by atoms with Crippen molar-refractivity contribution < 1.29 is 17.6 Å².